The van der Waals surface area contributed by atoms with Crippen LogP contribution >= 0.6 is 11.6 Å². The summed E-state index contributed by atoms with van der Waals surface area (Å²) in [5, 5.41) is 0.650. The normalized spacial score (nSPS) is 23.0. The van der Waals surface area contributed by atoms with Gasteiger partial charge in [-0.15, -0.1) is 0 Å². The third-order valence-corrected chi connectivity index (χ3v) is 5.49. The van der Waals surface area contributed by atoms with E-state index in [2.05, 4.69) is 18.2 Å². The average molecular weight is 356 g/mol. The summed E-state index contributed by atoms with van der Waals surface area (Å²) in [7, 11) is 0. The van der Waals surface area contributed by atoms with E-state index in [1.807, 2.05) is 18.2 Å². The lowest BCUT2D eigenvalue weighted by molar-refractivity contribution is -0.930. The zero-order chi connectivity index (χ0) is 17.4. The van der Waals surface area contributed by atoms with Crippen LogP contribution in [-0.4, -0.2) is 29.3 Å². The molecule has 25 heavy (non-hydrogen) atoms. The molecule has 4 nitrogen and oxygen atoms in total. The van der Waals surface area contributed by atoms with Crippen LogP contribution in [0.15, 0.2) is 48.5 Å². The number of likely N-dealkylation sites (tertiary alicyclic amines) is 1. The van der Waals surface area contributed by atoms with Gasteiger partial charge < -0.3 is 4.90 Å². The van der Waals surface area contributed by atoms with Crippen molar-refractivity contribution in [2.75, 3.05) is 6.54 Å². The third-order valence-electron chi connectivity index (χ3n) is 5.24. The largest absolute Gasteiger partial charge is 0.320 e. The minimum absolute atomic E-state index is 0.0469. The second-order valence-electron chi connectivity index (χ2n) is 6.81. The second kappa shape index (κ2) is 6.62. The van der Waals surface area contributed by atoms with Gasteiger partial charge in [0.25, 0.3) is 5.91 Å². The standard InChI is InChI=1S/C20H19ClN2O2/c21-17-7-5-14(6-8-17)12-23-19(24)11-18(20(23)25)22-10-9-15-3-1-2-4-16(15)13-22/h1-8,18H,9-13H2/p+1/t18-/m1/s1. The zero-order valence-corrected chi connectivity index (χ0v) is 14.6. The molecule has 2 heterocycles. The lowest BCUT2D eigenvalue weighted by Gasteiger charge is -2.29. The first kappa shape index (κ1) is 16.3. The number of quaternary nitrogens is 1. The van der Waals surface area contributed by atoms with Gasteiger partial charge >= 0.3 is 0 Å². The SMILES string of the molecule is O=C1C[C@@H]([NH+]2CCc3ccccc3C2)C(=O)N1Cc1ccc(Cl)cc1. The molecular weight excluding hydrogens is 336 g/mol. The molecule has 0 spiro atoms. The summed E-state index contributed by atoms with van der Waals surface area (Å²) in [4.78, 5) is 27.9. The number of nitrogens with one attached hydrogen (secondary N) is 1. The van der Waals surface area contributed by atoms with Crippen LogP contribution in [0.2, 0.25) is 5.02 Å². The summed E-state index contributed by atoms with van der Waals surface area (Å²) in [5.74, 6) is -0.120. The minimum Gasteiger partial charge on any atom is -0.320 e. The molecule has 2 amide bonds. The van der Waals surface area contributed by atoms with Gasteiger partial charge in [0.15, 0.2) is 6.04 Å². The fourth-order valence-electron chi connectivity index (χ4n) is 3.84. The number of amides is 2. The van der Waals surface area contributed by atoms with Crippen LogP contribution in [0.3, 0.4) is 0 Å². The molecule has 4 rings (SSSR count). The van der Waals surface area contributed by atoms with Crippen LogP contribution in [0, 0.1) is 0 Å². The third kappa shape index (κ3) is 3.20. The predicted octanol–water partition coefficient (Wildman–Crippen LogP) is 1.61. The van der Waals surface area contributed by atoms with E-state index >= 15 is 0 Å². The maximum absolute atomic E-state index is 12.9. The molecule has 2 aromatic carbocycles. The minimum atomic E-state index is -0.256. The molecule has 2 aliphatic rings. The molecule has 1 saturated heterocycles. The lowest BCUT2D eigenvalue weighted by atomic mass is 9.98. The van der Waals surface area contributed by atoms with E-state index in [4.69, 9.17) is 11.6 Å². The molecule has 0 bridgehead atoms. The summed E-state index contributed by atoms with van der Waals surface area (Å²) in [6.07, 6.45) is 1.27. The van der Waals surface area contributed by atoms with Gasteiger partial charge in [0, 0.05) is 17.0 Å². The van der Waals surface area contributed by atoms with Crippen LogP contribution in [0.25, 0.3) is 0 Å². The number of nitrogens with zero attached hydrogens (tertiary/aromatic N) is 1. The van der Waals surface area contributed by atoms with Crippen molar-refractivity contribution in [3.63, 3.8) is 0 Å². The highest BCUT2D eigenvalue weighted by atomic mass is 35.5. The Balaban J connectivity index is 1.49. The number of carbonyl (C=O) groups is 2. The van der Waals surface area contributed by atoms with Crippen LogP contribution in [0.4, 0.5) is 0 Å². The molecule has 0 saturated carbocycles. The van der Waals surface area contributed by atoms with Gasteiger partial charge in [-0.3, -0.25) is 14.5 Å². The number of fused-ring (bicyclic) bond motifs is 1. The van der Waals surface area contributed by atoms with E-state index in [-0.39, 0.29) is 17.9 Å². The van der Waals surface area contributed by atoms with Crippen molar-refractivity contribution in [3.05, 3.63) is 70.2 Å². The average Bonchev–Trinajstić information content (AvgIpc) is 2.91. The molecular formula is C20H20ClN2O2+. The summed E-state index contributed by atoms with van der Waals surface area (Å²) < 4.78 is 0. The van der Waals surface area contributed by atoms with E-state index in [9.17, 15) is 9.59 Å². The fraction of sp³-hybridized carbons (Fsp3) is 0.300. The van der Waals surface area contributed by atoms with Gasteiger partial charge in [0.2, 0.25) is 5.91 Å². The smallest absolute Gasteiger partial charge is 0.288 e. The molecule has 2 atom stereocenters. The van der Waals surface area contributed by atoms with Crippen LogP contribution in [0.1, 0.15) is 23.1 Å². The Bertz CT molecular complexity index is 819. The van der Waals surface area contributed by atoms with E-state index < -0.39 is 0 Å². The van der Waals surface area contributed by atoms with Gasteiger partial charge in [-0.2, -0.15) is 0 Å². The quantitative estimate of drug-likeness (QED) is 0.850. The first-order valence-electron chi connectivity index (χ1n) is 8.62. The summed E-state index contributed by atoms with van der Waals surface area (Å²) in [6.45, 7) is 2.04. The number of imide groups is 1. The summed E-state index contributed by atoms with van der Waals surface area (Å²) in [5.41, 5.74) is 3.58. The van der Waals surface area contributed by atoms with Crippen LogP contribution < -0.4 is 4.90 Å². The number of carbonyl (C=O) groups excluding carboxylic acids is 2. The monoisotopic (exact) mass is 355 g/mol. The molecule has 1 fully saturated rings. The van der Waals surface area contributed by atoms with Gasteiger partial charge in [0.05, 0.1) is 19.5 Å². The van der Waals surface area contributed by atoms with E-state index in [0.29, 0.717) is 18.0 Å². The van der Waals surface area contributed by atoms with Gasteiger partial charge in [-0.05, 0) is 23.3 Å². The summed E-state index contributed by atoms with van der Waals surface area (Å²) >= 11 is 5.90. The Morgan fingerprint density at radius 1 is 1.04 bits per heavy atom. The molecule has 1 N–H and O–H groups in total. The fourth-order valence-corrected chi connectivity index (χ4v) is 3.97. The highest BCUT2D eigenvalue weighted by Gasteiger charge is 2.45. The predicted molar refractivity (Wildman–Crippen MR) is 95.1 cm³/mol. The molecule has 5 heteroatoms. The number of hydrogen-bond donors (Lipinski definition) is 1. The number of hydrogen-bond acceptors (Lipinski definition) is 2. The molecule has 2 aliphatic heterocycles. The van der Waals surface area contributed by atoms with E-state index in [0.717, 1.165) is 25.1 Å². The number of benzene rings is 2. The van der Waals surface area contributed by atoms with Crippen molar-refractivity contribution in [3.8, 4) is 0 Å². The Hall–Kier alpha value is -2.17. The topological polar surface area (TPSA) is 41.8 Å². The molecule has 1 unspecified atom stereocenters. The van der Waals surface area contributed by atoms with Crippen LogP contribution in [-0.2, 0) is 29.1 Å². The van der Waals surface area contributed by atoms with Crippen molar-refractivity contribution in [1.82, 2.24) is 4.90 Å². The summed E-state index contributed by atoms with van der Waals surface area (Å²) in [6, 6.07) is 15.4. The number of rotatable bonds is 3. The Kier molecular flexibility index (Phi) is 4.32. The first-order chi connectivity index (χ1) is 12.1. The zero-order valence-electron chi connectivity index (χ0n) is 13.9. The van der Waals surface area contributed by atoms with E-state index in [1.54, 1.807) is 12.1 Å². The molecule has 0 aliphatic carbocycles. The first-order valence-corrected chi connectivity index (χ1v) is 8.99. The van der Waals surface area contributed by atoms with Crippen molar-refractivity contribution < 1.29 is 14.5 Å². The second-order valence-corrected chi connectivity index (χ2v) is 7.24. The molecule has 2 aromatic rings. The Morgan fingerprint density at radius 3 is 2.52 bits per heavy atom. The number of halogens is 1. The Morgan fingerprint density at radius 2 is 1.76 bits per heavy atom. The highest BCUT2D eigenvalue weighted by molar-refractivity contribution is 6.30. The van der Waals surface area contributed by atoms with Crippen molar-refractivity contribution in [2.45, 2.75) is 32.0 Å². The maximum atomic E-state index is 12.9. The molecule has 0 aromatic heterocycles. The molecule has 0 radical (unpaired) electrons. The van der Waals surface area contributed by atoms with Crippen molar-refractivity contribution >= 4 is 23.4 Å². The Labute approximate surface area is 152 Å². The van der Waals surface area contributed by atoms with Gasteiger partial charge in [0.1, 0.15) is 6.54 Å². The van der Waals surface area contributed by atoms with E-state index in [1.165, 1.54) is 20.9 Å². The maximum Gasteiger partial charge on any atom is 0.288 e. The highest BCUT2D eigenvalue weighted by Crippen LogP contribution is 2.18. The molecule has 128 valence electrons. The van der Waals surface area contributed by atoms with Crippen LogP contribution in [0.5, 0.6) is 0 Å². The van der Waals surface area contributed by atoms with Gasteiger partial charge in [-0.1, -0.05) is 48.0 Å². The van der Waals surface area contributed by atoms with Crippen molar-refractivity contribution in [1.29, 1.82) is 0 Å². The van der Waals surface area contributed by atoms with Crippen molar-refractivity contribution in [2.24, 2.45) is 0 Å². The van der Waals surface area contributed by atoms with Gasteiger partial charge in [-0.25, -0.2) is 0 Å². The lowest BCUT2D eigenvalue weighted by Crippen LogP contribution is -3.16.